The van der Waals surface area contributed by atoms with E-state index in [4.69, 9.17) is 9.47 Å². The SMILES string of the molecule is O=C(CC1CCOc2ccccc21)C1CCCCO1. The van der Waals surface area contributed by atoms with Crippen LogP contribution in [0.25, 0.3) is 0 Å². The van der Waals surface area contributed by atoms with Gasteiger partial charge in [0.1, 0.15) is 11.9 Å². The molecule has 1 saturated heterocycles. The molecule has 0 spiro atoms. The van der Waals surface area contributed by atoms with E-state index in [1.165, 1.54) is 5.56 Å². The molecule has 0 amide bonds. The van der Waals surface area contributed by atoms with Gasteiger partial charge in [0.25, 0.3) is 0 Å². The number of para-hydroxylation sites is 1. The highest BCUT2D eigenvalue weighted by molar-refractivity contribution is 5.84. The molecule has 2 aliphatic rings. The number of carbonyl (C=O) groups excluding carboxylic acids is 1. The summed E-state index contributed by atoms with van der Waals surface area (Å²) in [7, 11) is 0. The minimum atomic E-state index is -0.163. The van der Waals surface area contributed by atoms with Crippen molar-refractivity contribution in [2.24, 2.45) is 0 Å². The van der Waals surface area contributed by atoms with E-state index in [9.17, 15) is 4.79 Å². The Kier molecular flexibility index (Phi) is 3.83. The van der Waals surface area contributed by atoms with Crippen molar-refractivity contribution in [3.8, 4) is 5.75 Å². The Bertz CT molecular complexity index is 449. The van der Waals surface area contributed by atoms with Crippen LogP contribution in [-0.2, 0) is 9.53 Å². The fourth-order valence-electron chi connectivity index (χ4n) is 3.00. The zero-order valence-electron chi connectivity index (χ0n) is 11.1. The van der Waals surface area contributed by atoms with Crippen molar-refractivity contribution in [3.63, 3.8) is 0 Å². The Balaban J connectivity index is 1.68. The predicted molar refractivity (Wildman–Crippen MR) is 72.5 cm³/mol. The van der Waals surface area contributed by atoms with Crippen LogP contribution < -0.4 is 4.74 Å². The number of benzene rings is 1. The average Bonchev–Trinajstić information content (AvgIpc) is 2.48. The fraction of sp³-hybridized carbons (Fsp3) is 0.562. The summed E-state index contributed by atoms with van der Waals surface area (Å²) in [5.41, 5.74) is 1.18. The van der Waals surface area contributed by atoms with Gasteiger partial charge in [-0.1, -0.05) is 18.2 Å². The number of ketones is 1. The van der Waals surface area contributed by atoms with Crippen molar-refractivity contribution >= 4 is 5.78 Å². The lowest BCUT2D eigenvalue weighted by Crippen LogP contribution is -2.30. The second-order valence-electron chi connectivity index (χ2n) is 5.40. The topological polar surface area (TPSA) is 35.5 Å². The van der Waals surface area contributed by atoms with E-state index in [1.54, 1.807) is 0 Å². The molecule has 1 fully saturated rings. The number of fused-ring (bicyclic) bond motifs is 1. The summed E-state index contributed by atoms with van der Waals surface area (Å²) in [6.07, 6.45) is 4.44. The average molecular weight is 260 g/mol. The standard InChI is InChI=1S/C16H20O3/c17-14(16-7-3-4-9-18-16)11-12-8-10-19-15-6-2-1-5-13(12)15/h1-2,5-6,12,16H,3-4,7-11H2. The Hall–Kier alpha value is -1.35. The molecule has 0 aromatic heterocycles. The van der Waals surface area contributed by atoms with Gasteiger partial charge in [0.15, 0.2) is 5.78 Å². The van der Waals surface area contributed by atoms with Crippen LogP contribution in [0.3, 0.4) is 0 Å². The summed E-state index contributed by atoms with van der Waals surface area (Å²) in [4.78, 5) is 12.3. The summed E-state index contributed by atoms with van der Waals surface area (Å²) in [5, 5.41) is 0. The van der Waals surface area contributed by atoms with Crippen LogP contribution in [0.15, 0.2) is 24.3 Å². The predicted octanol–water partition coefficient (Wildman–Crippen LogP) is 3.08. The first-order chi connectivity index (χ1) is 9.34. The molecule has 0 N–H and O–H groups in total. The van der Waals surface area contributed by atoms with Gasteiger partial charge in [0, 0.05) is 13.0 Å². The van der Waals surface area contributed by atoms with Crippen molar-refractivity contribution in [2.45, 2.75) is 44.1 Å². The van der Waals surface area contributed by atoms with E-state index in [0.29, 0.717) is 18.9 Å². The normalized spacial score (nSPS) is 26.3. The number of carbonyl (C=O) groups is 1. The zero-order valence-corrected chi connectivity index (χ0v) is 11.1. The third-order valence-electron chi connectivity index (χ3n) is 4.07. The summed E-state index contributed by atoms with van der Waals surface area (Å²) in [6.45, 7) is 1.45. The van der Waals surface area contributed by atoms with E-state index in [1.807, 2.05) is 18.2 Å². The lowest BCUT2D eigenvalue weighted by atomic mass is 9.87. The quantitative estimate of drug-likeness (QED) is 0.837. The van der Waals surface area contributed by atoms with Crippen LogP contribution in [0, 0.1) is 0 Å². The van der Waals surface area contributed by atoms with E-state index in [0.717, 1.165) is 38.0 Å². The van der Waals surface area contributed by atoms with Crippen LogP contribution in [0.5, 0.6) is 5.75 Å². The van der Waals surface area contributed by atoms with Crippen molar-refractivity contribution in [1.29, 1.82) is 0 Å². The third-order valence-corrected chi connectivity index (χ3v) is 4.07. The maximum absolute atomic E-state index is 12.3. The van der Waals surface area contributed by atoms with Crippen molar-refractivity contribution < 1.29 is 14.3 Å². The first-order valence-electron chi connectivity index (χ1n) is 7.20. The minimum Gasteiger partial charge on any atom is -0.493 e. The number of hydrogen-bond acceptors (Lipinski definition) is 3. The molecule has 0 saturated carbocycles. The van der Waals surface area contributed by atoms with Gasteiger partial charge in [-0.05, 0) is 43.2 Å². The third kappa shape index (κ3) is 2.81. The molecule has 3 rings (SSSR count). The number of rotatable bonds is 3. The Labute approximate surface area is 113 Å². The van der Waals surface area contributed by atoms with Crippen molar-refractivity contribution in [1.82, 2.24) is 0 Å². The van der Waals surface area contributed by atoms with Crippen LogP contribution in [0.1, 0.15) is 43.6 Å². The highest BCUT2D eigenvalue weighted by atomic mass is 16.5. The summed E-state index contributed by atoms with van der Waals surface area (Å²) in [6, 6.07) is 8.06. The molecule has 1 aromatic rings. The number of Topliss-reactive ketones (excluding diaryl/α,β-unsaturated/α-hetero) is 1. The van der Waals surface area contributed by atoms with Gasteiger partial charge < -0.3 is 9.47 Å². The second kappa shape index (κ2) is 5.74. The Morgan fingerprint density at radius 1 is 1.16 bits per heavy atom. The molecule has 3 heteroatoms. The van der Waals surface area contributed by atoms with Crippen LogP contribution in [-0.4, -0.2) is 25.1 Å². The molecule has 102 valence electrons. The molecule has 1 aromatic carbocycles. The van der Waals surface area contributed by atoms with Crippen LogP contribution >= 0.6 is 0 Å². The van der Waals surface area contributed by atoms with E-state index >= 15 is 0 Å². The van der Waals surface area contributed by atoms with Crippen LogP contribution in [0.2, 0.25) is 0 Å². The molecule has 0 bridgehead atoms. The molecule has 3 nitrogen and oxygen atoms in total. The van der Waals surface area contributed by atoms with Gasteiger partial charge in [-0.25, -0.2) is 0 Å². The summed E-state index contributed by atoms with van der Waals surface area (Å²) >= 11 is 0. The zero-order chi connectivity index (χ0) is 13.1. The molecule has 19 heavy (non-hydrogen) atoms. The molecule has 0 radical (unpaired) electrons. The maximum atomic E-state index is 12.3. The lowest BCUT2D eigenvalue weighted by molar-refractivity contribution is -0.133. The smallest absolute Gasteiger partial charge is 0.162 e. The molecule has 0 aliphatic carbocycles. The molecular weight excluding hydrogens is 240 g/mol. The first-order valence-corrected chi connectivity index (χ1v) is 7.20. The van der Waals surface area contributed by atoms with Gasteiger partial charge in [0.2, 0.25) is 0 Å². The molecular formula is C16H20O3. The molecule has 2 unspecified atom stereocenters. The first kappa shape index (κ1) is 12.7. The van der Waals surface area contributed by atoms with E-state index in [-0.39, 0.29) is 11.9 Å². The second-order valence-corrected chi connectivity index (χ2v) is 5.40. The van der Waals surface area contributed by atoms with Gasteiger partial charge in [-0.2, -0.15) is 0 Å². The van der Waals surface area contributed by atoms with Gasteiger partial charge in [-0.15, -0.1) is 0 Å². The van der Waals surface area contributed by atoms with E-state index in [2.05, 4.69) is 6.07 Å². The fourth-order valence-corrected chi connectivity index (χ4v) is 3.00. The highest BCUT2D eigenvalue weighted by Gasteiger charge is 2.28. The number of ether oxygens (including phenoxy) is 2. The monoisotopic (exact) mass is 260 g/mol. The number of hydrogen-bond donors (Lipinski definition) is 0. The Morgan fingerprint density at radius 2 is 2.05 bits per heavy atom. The van der Waals surface area contributed by atoms with Crippen molar-refractivity contribution in [2.75, 3.05) is 13.2 Å². The highest BCUT2D eigenvalue weighted by Crippen LogP contribution is 2.36. The Morgan fingerprint density at radius 3 is 2.89 bits per heavy atom. The van der Waals surface area contributed by atoms with Gasteiger partial charge in [-0.3, -0.25) is 4.79 Å². The molecule has 2 atom stereocenters. The summed E-state index contributed by atoms with van der Waals surface area (Å²) in [5.74, 6) is 1.50. The molecule has 2 heterocycles. The van der Waals surface area contributed by atoms with Gasteiger partial charge in [0.05, 0.1) is 6.61 Å². The molecule has 2 aliphatic heterocycles. The van der Waals surface area contributed by atoms with Crippen LogP contribution in [0.4, 0.5) is 0 Å². The summed E-state index contributed by atoms with van der Waals surface area (Å²) < 4.78 is 11.2. The van der Waals surface area contributed by atoms with Gasteiger partial charge >= 0.3 is 0 Å². The van der Waals surface area contributed by atoms with Crippen molar-refractivity contribution in [3.05, 3.63) is 29.8 Å². The van der Waals surface area contributed by atoms with E-state index < -0.39 is 0 Å². The largest absolute Gasteiger partial charge is 0.493 e. The maximum Gasteiger partial charge on any atom is 0.162 e. The lowest BCUT2D eigenvalue weighted by Gasteiger charge is -2.27. The minimum absolute atomic E-state index is 0.163.